The highest BCUT2D eigenvalue weighted by atomic mass is 35.5. The van der Waals surface area contributed by atoms with Gasteiger partial charge >= 0.3 is 0 Å². The summed E-state index contributed by atoms with van der Waals surface area (Å²) >= 11 is 6.08. The summed E-state index contributed by atoms with van der Waals surface area (Å²) in [6.07, 6.45) is 3.44. The van der Waals surface area contributed by atoms with Crippen molar-refractivity contribution in [1.82, 2.24) is 4.98 Å². The van der Waals surface area contributed by atoms with E-state index in [1.54, 1.807) is 12.5 Å². The molecule has 0 radical (unpaired) electrons. The number of hydrogen-bond acceptors (Lipinski definition) is 3. The Kier molecular flexibility index (Phi) is 4.93. The van der Waals surface area contributed by atoms with Crippen molar-refractivity contribution >= 4 is 28.1 Å². The Hall–Kier alpha value is -1.39. The van der Waals surface area contributed by atoms with Crippen LogP contribution in [0.25, 0.3) is 0 Å². The van der Waals surface area contributed by atoms with Crippen LogP contribution in [0.4, 0.5) is 5.69 Å². The topological polar surface area (TPSA) is 42.0 Å². The van der Waals surface area contributed by atoms with Gasteiger partial charge in [0.05, 0.1) is 12.2 Å². The van der Waals surface area contributed by atoms with Crippen LogP contribution < -0.4 is 5.32 Å². The molecule has 0 aliphatic rings. The third kappa shape index (κ3) is 4.33. The molecule has 2 aromatic rings. The molecule has 0 bridgehead atoms. The summed E-state index contributed by atoms with van der Waals surface area (Å²) in [5, 5.41) is 3.93. The lowest BCUT2D eigenvalue weighted by molar-refractivity contribution is 0.686. The smallest absolute Gasteiger partial charge is 0.0594 e. The number of rotatable bonds is 5. The standard InChI is InChI=1S/C14H15ClN2OS/c1-19(18)10-11-8-12(5-6-14(11)15)17-9-13-4-2-3-7-16-13/h2-8,17H,9-10H2,1H3/t19-/m0/s1. The molecule has 0 aliphatic carbocycles. The number of benzene rings is 1. The Morgan fingerprint density at radius 1 is 1.32 bits per heavy atom. The molecular formula is C14H15ClN2OS. The van der Waals surface area contributed by atoms with Crippen LogP contribution in [0.1, 0.15) is 11.3 Å². The van der Waals surface area contributed by atoms with Crippen LogP contribution in [0.5, 0.6) is 0 Å². The third-order valence-corrected chi connectivity index (χ3v) is 3.69. The third-order valence-electron chi connectivity index (χ3n) is 2.60. The molecule has 19 heavy (non-hydrogen) atoms. The normalized spacial score (nSPS) is 12.1. The van der Waals surface area contributed by atoms with Gasteiger partial charge in [-0.05, 0) is 35.9 Å². The number of nitrogens with one attached hydrogen (secondary N) is 1. The fraction of sp³-hybridized carbons (Fsp3) is 0.214. The Balaban J connectivity index is 2.06. The van der Waals surface area contributed by atoms with Crippen molar-refractivity contribution in [3.05, 3.63) is 58.9 Å². The van der Waals surface area contributed by atoms with E-state index in [-0.39, 0.29) is 0 Å². The largest absolute Gasteiger partial charge is 0.379 e. The van der Waals surface area contributed by atoms with Crippen LogP contribution in [-0.2, 0) is 23.1 Å². The van der Waals surface area contributed by atoms with Gasteiger partial charge in [-0.1, -0.05) is 17.7 Å². The van der Waals surface area contributed by atoms with Crippen molar-refractivity contribution < 1.29 is 4.21 Å². The van der Waals surface area contributed by atoms with E-state index in [4.69, 9.17) is 11.6 Å². The van der Waals surface area contributed by atoms with Crippen LogP contribution >= 0.6 is 11.6 Å². The molecule has 1 aromatic carbocycles. The van der Waals surface area contributed by atoms with E-state index in [0.717, 1.165) is 16.9 Å². The summed E-state index contributed by atoms with van der Waals surface area (Å²) in [7, 11) is -0.900. The number of halogens is 1. The van der Waals surface area contributed by atoms with Crippen molar-refractivity contribution in [2.24, 2.45) is 0 Å². The zero-order chi connectivity index (χ0) is 13.7. The van der Waals surface area contributed by atoms with Gasteiger partial charge in [0.25, 0.3) is 0 Å². The fourth-order valence-electron chi connectivity index (χ4n) is 1.71. The van der Waals surface area contributed by atoms with Gasteiger partial charge in [0.2, 0.25) is 0 Å². The first-order chi connectivity index (χ1) is 9.15. The van der Waals surface area contributed by atoms with Gasteiger partial charge in [-0.2, -0.15) is 0 Å². The van der Waals surface area contributed by atoms with E-state index in [1.165, 1.54) is 0 Å². The maximum absolute atomic E-state index is 11.3. The summed E-state index contributed by atoms with van der Waals surface area (Å²) in [6, 6.07) is 11.5. The minimum absolute atomic E-state index is 0.470. The van der Waals surface area contributed by atoms with Gasteiger partial charge in [-0.15, -0.1) is 0 Å². The molecule has 0 saturated carbocycles. The number of pyridine rings is 1. The lowest BCUT2D eigenvalue weighted by atomic mass is 10.2. The summed E-state index contributed by atoms with van der Waals surface area (Å²) in [5.41, 5.74) is 2.82. The second-order valence-electron chi connectivity index (χ2n) is 4.20. The Bertz CT molecular complexity index is 575. The monoisotopic (exact) mass is 294 g/mol. The molecule has 0 saturated heterocycles. The van der Waals surface area contributed by atoms with Gasteiger partial charge < -0.3 is 5.32 Å². The molecule has 3 nitrogen and oxygen atoms in total. The van der Waals surface area contributed by atoms with Crippen molar-refractivity contribution in [1.29, 1.82) is 0 Å². The van der Waals surface area contributed by atoms with Crippen molar-refractivity contribution in [2.45, 2.75) is 12.3 Å². The Labute approximate surface area is 120 Å². The predicted octanol–water partition coefficient (Wildman–Crippen LogP) is 3.23. The Morgan fingerprint density at radius 2 is 2.16 bits per heavy atom. The first kappa shape index (κ1) is 14.0. The van der Waals surface area contributed by atoms with E-state index in [0.29, 0.717) is 17.3 Å². The minimum atomic E-state index is -0.900. The highest BCUT2D eigenvalue weighted by Gasteiger charge is 2.04. The first-order valence-corrected chi connectivity index (χ1v) is 7.98. The molecule has 100 valence electrons. The molecule has 0 aliphatic heterocycles. The highest BCUT2D eigenvalue weighted by Crippen LogP contribution is 2.22. The van der Waals surface area contributed by atoms with Gasteiger partial charge in [0.15, 0.2) is 0 Å². The minimum Gasteiger partial charge on any atom is -0.379 e. The molecule has 0 amide bonds. The molecule has 2 rings (SSSR count). The van der Waals surface area contributed by atoms with Gasteiger partial charge in [0, 0.05) is 39.7 Å². The van der Waals surface area contributed by atoms with Crippen LogP contribution in [0.15, 0.2) is 42.6 Å². The van der Waals surface area contributed by atoms with Gasteiger partial charge in [0.1, 0.15) is 0 Å². The maximum atomic E-state index is 11.3. The summed E-state index contributed by atoms with van der Waals surface area (Å²) in [5.74, 6) is 0.470. The lowest BCUT2D eigenvalue weighted by Crippen LogP contribution is -2.02. The number of nitrogens with zero attached hydrogens (tertiary/aromatic N) is 1. The number of anilines is 1. The quantitative estimate of drug-likeness (QED) is 0.920. The van der Waals surface area contributed by atoms with Crippen molar-refractivity contribution in [3.63, 3.8) is 0 Å². The van der Waals surface area contributed by atoms with E-state index < -0.39 is 10.8 Å². The Morgan fingerprint density at radius 3 is 2.84 bits per heavy atom. The zero-order valence-electron chi connectivity index (χ0n) is 10.6. The van der Waals surface area contributed by atoms with E-state index in [1.807, 2.05) is 36.4 Å². The van der Waals surface area contributed by atoms with Crippen LogP contribution in [-0.4, -0.2) is 15.4 Å². The number of aromatic nitrogens is 1. The second kappa shape index (κ2) is 6.68. The second-order valence-corrected chi connectivity index (χ2v) is 6.04. The molecule has 1 heterocycles. The molecule has 1 N–H and O–H groups in total. The maximum Gasteiger partial charge on any atom is 0.0594 e. The van der Waals surface area contributed by atoms with E-state index in [2.05, 4.69) is 10.3 Å². The molecule has 5 heteroatoms. The number of hydrogen-bond donors (Lipinski definition) is 1. The molecule has 1 atom stereocenters. The van der Waals surface area contributed by atoms with Crippen LogP contribution in [0.2, 0.25) is 5.02 Å². The highest BCUT2D eigenvalue weighted by molar-refractivity contribution is 7.83. The van der Waals surface area contributed by atoms with Gasteiger partial charge in [-0.25, -0.2) is 0 Å². The molecular weight excluding hydrogens is 280 g/mol. The zero-order valence-corrected chi connectivity index (χ0v) is 12.2. The SMILES string of the molecule is C[S@](=O)Cc1cc(NCc2ccccn2)ccc1Cl. The van der Waals surface area contributed by atoms with E-state index in [9.17, 15) is 4.21 Å². The fourth-order valence-corrected chi connectivity index (χ4v) is 2.65. The average molecular weight is 295 g/mol. The van der Waals surface area contributed by atoms with Crippen molar-refractivity contribution in [2.75, 3.05) is 11.6 Å². The molecule has 0 fully saturated rings. The molecule has 1 aromatic heterocycles. The molecule has 0 spiro atoms. The van der Waals surface area contributed by atoms with Gasteiger partial charge in [-0.3, -0.25) is 9.19 Å². The summed E-state index contributed by atoms with van der Waals surface area (Å²) in [4.78, 5) is 4.24. The molecule has 0 unspecified atom stereocenters. The van der Waals surface area contributed by atoms with Crippen LogP contribution in [0.3, 0.4) is 0 Å². The predicted molar refractivity (Wildman–Crippen MR) is 80.8 cm³/mol. The van der Waals surface area contributed by atoms with Crippen LogP contribution in [0, 0.1) is 0 Å². The summed E-state index contributed by atoms with van der Waals surface area (Å²) in [6.45, 7) is 0.650. The van der Waals surface area contributed by atoms with Crippen molar-refractivity contribution in [3.8, 4) is 0 Å². The van der Waals surface area contributed by atoms with E-state index >= 15 is 0 Å². The first-order valence-electron chi connectivity index (χ1n) is 5.87. The average Bonchev–Trinajstić information content (AvgIpc) is 2.40. The summed E-state index contributed by atoms with van der Waals surface area (Å²) < 4.78 is 11.3. The lowest BCUT2D eigenvalue weighted by Gasteiger charge is -2.09.